The van der Waals surface area contributed by atoms with Crippen molar-refractivity contribution in [3.05, 3.63) is 118 Å². The van der Waals surface area contributed by atoms with Crippen molar-refractivity contribution in [2.75, 3.05) is 0 Å². The molecular formula is C42H50I2O7. The number of esters is 3. The zero-order valence-electron chi connectivity index (χ0n) is 31.4. The van der Waals surface area contributed by atoms with Gasteiger partial charge in [-0.1, -0.05) is 72.8 Å². The van der Waals surface area contributed by atoms with Crippen molar-refractivity contribution >= 4 is 55.1 Å². The summed E-state index contributed by atoms with van der Waals surface area (Å²) in [7, 11) is 0. The van der Waals surface area contributed by atoms with E-state index in [1.165, 1.54) is 6.92 Å². The Morgan fingerprint density at radius 2 is 1.00 bits per heavy atom. The molecule has 4 aromatic rings. The van der Waals surface area contributed by atoms with Gasteiger partial charge in [0.15, 0.2) is 0 Å². The van der Waals surface area contributed by atoms with E-state index in [0.29, 0.717) is 11.1 Å². The Balaban J connectivity index is 0.000000339. The zero-order chi connectivity index (χ0) is 38.7. The monoisotopic (exact) mass is 920 g/mol. The zero-order valence-corrected chi connectivity index (χ0v) is 35.7. The van der Waals surface area contributed by atoms with Crippen LogP contribution >= 0.6 is 37.2 Å². The quantitative estimate of drug-likeness (QED) is 0.112. The first-order valence-corrected chi connectivity index (χ1v) is 22.9. The molecule has 2 atom stereocenters. The summed E-state index contributed by atoms with van der Waals surface area (Å²) >= 11 is 4.24. The molecule has 0 bridgehead atoms. The third-order valence-corrected chi connectivity index (χ3v) is 7.46. The second-order valence-electron chi connectivity index (χ2n) is 14.2. The van der Waals surface area contributed by atoms with Gasteiger partial charge < -0.3 is 19.3 Å². The molecule has 0 saturated carbocycles. The predicted molar refractivity (Wildman–Crippen MR) is 222 cm³/mol. The lowest BCUT2D eigenvalue weighted by Crippen LogP contribution is -2.24. The molecule has 0 fully saturated rings. The minimum Gasteiger partial charge on any atom is -0.458 e. The standard InChI is InChI=1S/C22H26O4.C20H24O3.I2/c1-14-13-17(11-12-18(14)21(24)26-22(4,5)6)20-10-8-7-9-19(20)15(2)25-16(3)23;1-13-12-15(18-9-7-6-8-17(18)14(2)21)10-11-16(13)19(22)23-20(3,4)5;1-2/h7-13,15H,1-6H3;6-12,14,21H,1-5H3;/t15-;14-;/m11./s1. The van der Waals surface area contributed by atoms with Crippen LogP contribution in [0, 0.1) is 13.8 Å². The molecule has 274 valence electrons. The van der Waals surface area contributed by atoms with Crippen LogP contribution in [0.5, 0.6) is 0 Å². The smallest absolute Gasteiger partial charge is 0.338 e. The minimum absolute atomic E-state index is 0.314. The van der Waals surface area contributed by atoms with Crippen LogP contribution in [-0.4, -0.2) is 34.2 Å². The lowest BCUT2D eigenvalue weighted by atomic mass is 9.94. The maximum atomic E-state index is 12.3. The van der Waals surface area contributed by atoms with Crippen LogP contribution in [0.15, 0.2) is 84.9 Å². The molecule has 0 heterocycles. The second kappa shape index (κ2) is 19.5. The number of aryl methyl sites for hydroxylation is 2. The van der Waals surface area contributed by atoms with Gasteiger partial charge >= 0.3 is 17.9 Å². The number of halogens is 2. The van der Waals surface area contributed by atoms with Crippen molar-refractivity contribution in [2.24, 2.45) is 0 Å². The van der Waals surface area contributed by atoms with Crippen molar-refractivity contribution in [3.8, 4) is 22.3 Å². The molecule has 0 spiro atoms. The van der Waals surface area contributed by atoms with Crippen LogP contribution in [0.4, 0.5) is 0 Å². The van der Waals surface area contributed by atoms with E-state index in [2.05, 4.69) is 37.2 Å². The van der Waals surface area contributed by atoms with Gasteiger partial charge in [-0.2, -0.15) is 0 Å². The summed E-state index contributed by atoms with van der Waals surface area (Å²) in [4.78, 5) is 35.9. The number of hydrogen-bond donors (Lipinski definition) is 1. The van der Waals surface area contributed by atoms with Gasteiger partial charge in [-0.15, -0.1) is 0 Å². The summed E-state index contributed by atoms with van der Waals surface area (Å²) < 4.78 is 16.2. The minimum atomic E-state index is -0.544. The van der Waals surface area contributed by atoms with E-state index in [0.717, 1.165) is 44.5 Å². The van der Waals surface area contributed by atoms with Gasteiger partial charge in [0.1, 0.15) is 17.3 Å². The molecule has 0 unspecified atom stereocenters. The molecule has 0 aromatic heterocycles. The highest BCUT2D eigenvalue weighted by Crippen LogP contribution is 2.32. The van der Waals surface area contributed by atoms with Gasteiger partial charge in [0.05, 0.1) is 17.2 Å². The fraction of sp³-hybridized carbons (Fsp3) is 0.357. The Morgan fingerprint density at radius 3 is 1.35 bits per heavy atom. The molecule has 0 saturated heterocycles. The van der Waals surface area contributed by atoms with Crippen molar-refractivity contribution in [2.45, 2.75) is 99.6 Å². The van der Waals surface area contributed by atoms with Crippen LogP contribution in [0.2, 0.25) is 0 Å². The van der Waals surface area contributed by atoms with Crippen LogP contribution in [0.25, 0.3) is 22.3 Å². The lowest BCUT2D eigenvalue weighted by Gasteiger charge is -2.21. The number of rotatable bonds is 7. The van der Waals surface area contributed by atoms with E-state index in [1.54, 1.807) is 19.1 Å². The lowest BCUT2D eigenvalue weighted by molar-refractivity contribution is -0.145. The molecule has 9 heteroatoms. The number of benzene rings is 4. The summed E-state index contributed by atoms with van der Waals surface area (Å²) in [5.41, 5.74) is 7.45. The Hall–Kier alpha value is -3.29. The Kier molecular flexibility index (Phi) is 16.8. The highest BCUT2D eigenvalue weighted by Gasteiger charge is 2.22. The summed E-state index contributed by atoms with van der Waals surface area (Å²) in [6.07, 6.45) is -0.897. The first kappa shape index (κ1) is 43.9. The van der Waals surface area contributed by atoms with Gasteiger partial charge in [0.2, 0.25) is 0 Å². The Bertz CT molecular complexity index is 1800. The topological polar surface area (TPSA) is 99.1 Å². The molecule has 51 heavy (non-hydrogen) atoms. The summed E-state index contributed by atoms with van der Waals surface area (Å²) in [6.45, 7) is 19.9. The maximum absolute atomic E-state index is 12.3. The first-order chi connectivity index (χ1) is 23.8. The van der Waals surface area contributed by atoms with E-state index < -0.39 is 17.3 Å². The fourth-order valence-electron chi connectivity index (χ4n) is 5.34. The molecule has 1 N–H and O–H groups in total. The molecule has 4 rings (SSSR count). The summed E-state index contributed by atoms with van der Waals surface area (Å²) in [5, 5.41) is 9.93. The van der Waals surface area contributed by atoms with Gasteiger partial charge in [0.25, 0.3) is 0 Å². The van der Waals surface area contributed by atoms with E-state index in [-0.39, 0.29) is 24.0 Å². The van der Waals surface area contributed by atoms with Gasteiger partial charge in [-0.25, -0.2) is 9.59 Å². The maximum Gasteiger partial charge on any atom is 0.338 e. The van der Waals surface area contributed by atoms with Crippen LogP contribution < -0.4 is 0 Å². The number of carbonyl (C=O) groups excluding carboxylic acids is 3. The van der Waals surface area contributed by atoms with Crippen molar-refractivity contribution < 1.29 is 33.7 Å². The van der Waals surface area contributed by atoms with Crippen molar-refractivity contribution in [1.29, 1.82) is 0 Å². The number of aliphatic hydroxyl groups excluding tert-OH is 1. The third kappa shape index (κ3) is 13.6. The van der Waals surface area contributed by atoms with E-state index in [9.17, 15) is 19.5 Å². The normalized spacial score (nSPS) is 12.2. The number of aliphatic hydroxyl groups is 1. The van der Waals surface area contributed by atoms with E-state index in [4.69, 9.17) is 14.2 Å². The highest BCUT2D eigenvalue weighted by atomic mass is 128. The van der Waals surface area contributed by atoms with Gasteiger partial charge in [-0.05, 0) is 126 Å². The van der Waals surface area contributed by atoms with Crippen molar-refractivity contribution in [1.82, 2.24) is 0 Å². The molecule has 0 aliphatic carbocycles. The van der Waals surface area contributed by atoms with Crippen LogP contribution in [0.3, 0.4) is 0 Å². The molecule has 7 nitrogen and oxygen atoms in total. The predicted octanol–water partition coefficient (Wildman–Crippen LogP) is 11.7. The van der Waals surface area contributed by atoms with Gasteiger partial charge in [-0.3, -0.25) is 4.79 Å². The average molecular weight is 921 g/mol. The molecule has 0 amide bonds. The third-order valence-electron chi connectivity index (χ3n) is 7.46. The highest BCUT2D eigenvalue weighted by molar-refractivity contribution is 15.0. The van der Waals surface area contributed by atoms with Crippen LogP contribution in [-0.2, 0) is 19.0 Å². The van der Waals surface area contributed by atoms with Gasteiger partial charge in [0, 0.05) is 44.2 Å². The summed E-state index contributed by atoms with van der Waals surface area (Å²) in [6, 6.07) is 26.8. The second-order valence-corrected chi connectivity index (χ2v) is 14.2. The molecular weight excluding hydrogens is 870 g/mol. The van der Waals surface area contributed by atoms with E-state index >= 15 is 0 Å². The van der Waals surface area contributed by atoms with Crippen molar-refractivity contribution in [3.63, 3.8) is 0 Å². The van der Waals surface area contributed by atoms with E-state index in [1.807, 2.05) is 135 Å². The molecule has 0 radical (unpaired) electrons. The van der Waals surface area contributed by atoms with Crippen LogP contribution in [0.1, 0.15) is 117 Å². The SMILES string of the molecule is CC(=O)O[C@H](C)c1ccccc1-c1ccc(C(=O)OC(C)(C)C)c(C)c1.Cc1cc(-c2ccccc2[C@@H](C)O)ccc1C(=O)OC(C)(C)C.II. The summed E-state index contributed by atoms with van der Waals surface area (Å²) in [5.74, 6) is -0.961. The average Bonchev–Trinajstić information content (AvgIpc) is 3.04. The number of hydrogen-bond acceptors (Lipinski definition) is 7. The largest absolute Gasteiger partial charge is 0.458 e. The molecule has 0 aliphatic rings. The Labute approximate surface area is 326 Å². The molecule has 4 aromatic carbocycles. The number of ether oxygens (including phenoxy) is 3. The fourth-order valence-corrected chi connectivity index (χ4v) is 5.34. The number of carbonyl (C=O) groups is 3. The molecule has 0 aliphatic heterocycles. The first-order valence-electron chi connectivity index (χ1n) is 16.6. The Morgan fingerprint density at radius 1 is 0.627 bits per heavy atom.